The molecule has 0 bridgehead atoms. The van der Waals surface area contributed by atoms with Gasteiger partial charge in [0, 0.05) is 24.7 Å². The molecule has 0 aliphatic carbocycles. The number of nitrogens with one attached hydrogen (secondary N) is 1. The van der Waals surface area contributed by atoms with Gasteiger partial charge in [0.1, 0.15) is 5.82 Å². The quantitative estimate of drug-likeness (QED) is 0.898. The lowest BCUT2D eigenvalue weighted by Crippen LogP contribution is -2.33. The first kappa shape index (κ1) is 13.5. The molecule has 1 saturated heterocycles. The number of amides is 2. The van der Waals surface area contributed by atoms with Crippen LogP contribution in [-0.2, 0) is 9.59 Å². The summed E-state index contributed by atoms with van der Waals surface area (Å²) in [6.45, 7) is 6.28. The van der Waals surface area contributed by atoms with E-state index in [0.717, 1.165) is 5.69 Å². The SMILES string of the molecule is Cc1cccc(NC(=O)[C@H]2CC(=O)N(C(C)C)C2)n1. The molecule has 2 heterocycles. The van der Waals surface area contributed by atoms with Crippen LogP contribution in [0.1, 0.15) is 26.0 Å². The summed E-state index contributed by atoms with van der Waals surface area (Å²) in [5.74, 6) is 0.180. The van der Waals surface area contributed by atoms with Gasteiger partial charge in [0.25, 0.3) is 0 Å². The number of aryl methyl sites for hydroxylation is 1. The van der Waals surface area contributed by atoms with Gasteiger partial charge >= 0.3 is 0 Å². The van der Waals surface area contributed by atoms with Gasteiger partial charge in [-0.1, -0.05) is 6.07 Å². The Bertz CT molecular complexity index is 499. The van der Waals surface area contributed by atoms with Crippen molar-refractivity contribution in [3.8, 4) is 0 Å². The van der Waals surface area contributed by atoms with Crippen molar-refractivity contribution < 1.29 is 9.59 Å². The van der Waals surface area contributed by atoms with Crippen molar-refractivity contribution in [2.75, 3.05) is 11.9 Å². The molecule has 1 aliphatic rings. The highest BCUT2D eigenvalue weighted by Gasteiger charge is 2.35. The first-order valence-corrected chi connectivity index (χ1v) is 6.51. The number of hydrogen-bond donors (Lipinski definition) is 1. The van der Waals surface area contributed by atoms with Crippen molar-refractivity contribution >= 4 is 17.6 Å². The van der Waals surface area contributed by atoms with E-state index in [-0.39, 0.29) is 30.2 Å². The maximum atomic E-state index is 12.1. The Kier molecular flexibility index (Phi) is 3.83. The van der Waals surface area contributed by atoms with Crippen molar-refractivity contribution in [3.63, 3.8) is 0 Å². The van der Waals surface area contributed by atoms with Gasteiger partial charge in [-0.25, -0.2) is 4.98 Å². The van der Waals surface area contributed by atoms with Gasteiger partial charge < -0.3 is 10.2 Å². The fraction of sp³-hybridized carbons (Fsp3) is 0.500. The first-order chi connectivity index (χ1) is 8.97. The summed E-state index contributed by atoms with van der Waals surface area (Å²) in [5, 5.41) is 2.78. The van der Waals surface area contributed by atoms with Gasteiger partial charge in [-0.05, 0) is 32.9 Å². The molecular weight excluding hydrogens is 242 g/mol. The molecule has 0 aromatic carbocycles. The zero-order chi connectivity index (χ0) is 14.0. The molecule has 1 N–H and O–H groups in total. The Morgan fingerprint density at radius 3 is 2.79 bits per heavy atom. The van der Waals surface area contributed by atoms with Crippen LogP contribution in [0.3, 0.4) is 0 Å². The minimum Gasteiger partial charge on any atom is -0.339 e. The predicted molar refractivity (Wildman–Crippen MR) is 72.6 cm³/mol. The lowest BCUT2D eigenvalue weighted by atomic mass is 10.1. The van der Waals surface area contributed by atoms with E-state index < -0.39 is 0 Å². The number of aromatic nitrogens is 1. The van der Waals surface area contributed by atoms with Gasteiger partial charge in [0.2, 0.25) is 11.8 Å². The van der Waals surface area contributed by atoms with E-state index in [4.69, 9.17) is 0 Å². The second-order valence-corrected chi connectivity index (χ2v) is 5.19. The predicted octanol–water partition coefficient (Wildman–Crippen LogP) is 1.59. The summed E-state index contributed by atoms with van der Waals surface area (Å²) < 4.78 is 0. The second-order valence-electron chi connectivity index (χ2n) is 5.19. The van der Waals surface area contributed by atoms with Gasteiger partial charge in [-0.15, -0.1) is 0 Å². The van der Waals surface area contributed by atoms with E-state index >= 15 is 0 Å². The number of anilines is 1. The van der Waals surface area contributed by atoms with Crippen molar-refractivity contribution in [1.82, 2.24) is 9.88 Å². The van der Waals surface area contributed by atoms with Crippen LogP contribution in [0.25, 0.3) is 0 Å². The highest BCUT2D eigenvalue weighted by molar-refractivity contribution is 5.96. The van der Waals surface area contributed by atoms with Crippen LogP contribution < -0.4 is 5.32 Å². The summed E-state index contributed by atoms with van der Waals surface area (Å²) >= 11 is 0. The molecule has 1 atom stereocenters. The van der Waals surface area contributed by atoms with Gasteiger partial charge in [0.05, 0.1) is 5.92 Å². The third-order valence-corrected chi connectivity index (χ3v) is 3.29. The molecular formula is C14H19N3O2. The molecule has 0 radical (unpaired) electrons. The molecule has 2 amide bonds. The molecule has 2 rings (SSSR count). The summed E-state index contributed by atoms with van der Waals surface area (Å²) in [6, 6.07) is 5.61. The summed E-state index contributed by atoms with van der Waals surface area (Å²) in [4.78, 5) is 29.8. The fourth-order valence-corrected chi connectivity index (χ4v) is 2.25. The highest BCUT2D eigenvalue weighted by atomic mass is 16.2. The van der Waals surface area contributed by atoms with E-state index in [0.29, 0.717) is 12.4 Å². The van der Waals surface area contributed by atoms with E-state index in [1.807, 2.05) is 32.9 Å². The van der Waals surface area contributed by atoms with Gasteiger partial charge in [0.15, 0.2) is 0 Å². The number of carbonyl (C=O) groups excluding carboxylic acids is 2. The maximum absolute atomic E-state index is 12.1. The van der Waals surface area contributed by atoms with Gasteiger partial charge in [-0.2, -0.15) is 0 Å². The molecule has 1 fully saturated rings. The number of likely N-dealkylation sites (tertiary alicyclic amines) is 1. The smallest absolute Gasteiger partial charge is 0.230 e. The topological polar surface area (TPSA) is 62.3 Å². The standard InChI is InChI=1S/C14H19N3O2/c1-9(2)17-8-11(7-13(17)18)14(19)16-12-6-4-5-10(3)15-12/h4-6,9,11H,7-8H2,1-3H3,(H,15,16,19)/t11-/m0/s1. The highest BCUT2D eigenvalue weighted by Crippen LogP contribution is 2.21. The van der Waals surface area contributed by atoms with E-state index in [9.17, 15) is 9.59 Å². The normalized spacial score (nSPS) is 19.1. The summed E-state index contributed by atoms with van der Waals surface area (Å²) in [7, 11) is 0. The first-order valence-electron chi connectivity index (χ1n) is 6.51. The Morgan fingerprint density at radius 2 is 2.21 bits per heavy atom. The number of nitrogens with zero attached hydrogens (tertiary/aromatic N) is 2. The third-order valence-electron chi connectivity index (χ3n) is 3.29. The van der Waals surface area contributed by atoms with Crippen molar-refractivity contribution in [1.29, 1.82) is 0 Å². The molecule has 19 heavy (non-hydrogen) atoms. The van der Waals surface area contributed by atoms with E-state index in [1.165, 1.54) is 0 Å². The molecule has 102 valence electrons. The van der Waals surface area contributed by atoms with Crippen molar-refractivity contribution in [2.24, 2.45) is 5.92 Å². The number of rotatable bonds is 3. The number of pyridine rings is 1. The minimum atomic E-state index is -0.280. The Morgan fingerprint density at radius 1 is 1.47 bits per heavy atom. The van der Waals surface area contributed by atoms with E-state index in [1.54, 1.807) is 11.0 Å². The molecule has 0 spiro atoms. The van der Waals surface area contributed by atoms with Crippen LogP contribution in [0.5, 0.6) is 0 Å². The monoisotopic (exact) mass is 261 g/mol. The Hall–Kier alpha value is -1.91. The Balaban J connectivity index is 2.00. The lowest BCUT2D eigenvalue weighted by Gasteiger charge is -2.20. The average Bonchev–Trinajstić information content (AvgIpc) is 2.71. The molecule has 5 nitrogen and oxygen atoms in total. The molecule has 5 heteroatoms. The zero-order valence-electron chi connectivity index (χ0n) is 11.5. The van der Waals surface area contributed by atoms with Crippen LogP contribution in [0.2, 0.25) is 0 Å². The average molecular weight is 261 g/mol. The van der Waals surface area contributed by atoms with Crippen LogP contribution >= 0.6 is 0 Å². The van der Waals surface area contributed by atoms with Crippen LogP contribution in [0.4, 0.5) is 5.82 Å². The third kappa shape index (κ3) is 3.10. The molecule has 0 saturated carbocycles. The van der Waals surface area contributed by atoms with Crippen LogP contribution in [0.15, 0.2) is 18.2 Å². The lowest BCUT2D eigenvalue weighted by molar-refractivity contribution is -0.129. The summed E-state index contributed by atoms with van der Waals surface area (Å²) in [5.41, 5.74) is 0.851. The maximum Gasteiger partial charge on any atom is 0.230 e. The molecule has 1 aliphatic heterocycles. The Labute approximate surface area is 113 Å². The van der Waals surface area contributed by atoms with Gasteiger partial charge in [-0.3, -0.25) is 9.59 Å². The number of hydrogen-bond acceptors (Lipinski definition) is 3. The molecule has 0 unspecified atom stereocenters. The van der Waals surface area contributed by atoms with Crippen molar-refractivity contribution in [2.45, 2.75) is 33.2 Å². The van der Waals surface area contributed by atoms with Crippen LogP contribution in [0, 0.1) is 12.8 Å². The minimum absolute atomic E-state index is 0.0485. The van der Waals surface area contributed by atoms with Crippen molar-refractivity contribution in [3.05, 3.63) is 23.9 Å². The molecule has 1 aromatic heterocycles. The summed E-state index contributed by atoms with van der Waals surface area (Å²) in [6.07, 6.45) is 0.288. The molecule has 1 aromatic rings. The number of carbonyl (C=O) groups is 2. The zero-order valence-corrected chi connectivity index (χ0v) is 11.5. The largest absolute Gasteiger partial charge is 0.339 e. The van der Waals surface area contributed by atoms with E-state index in [2.05, 4.69) is 10.3 Å². The fourth-order valence-electron chi connectivity index (χ4n) is 2.25. The second kappa shape index (κ2) is 5.38. The van der Waals surface area contributed by atoms with Crippen LogP contribution in [-0.4, -0.2) is 34.3 Å².